The highest BCUT2D eigenvalue weighted by molar-refractivity contribution is 5.76. The number of hydrogen-bond donors (Lipinski definition) is 0. The summed E-state index contributed by atoms with van der Waals surface area (Å²) in [5.41, 5.74) is 1.18. The Morgan fingerprint density at radius 3 is 2.92 bits per heavy atom. The minimum Gasteiger partial charge on any atom is -0.497 e. The van der Waals surface area contributed by atoms with Crippen molar-refractivity contribution in [3.05, 3.63) is 54.0 Å². The molecule has 5 heteroatoms. The zero-order valence-corrected chi connectivity index (χ0v) is 14.3. The molecule has 0 spiro atoms. The van der Waals surface area contributed by atoms with E-state index in [1.165, 1.54) is 5.56 Å². The number of hydrogen-bond acceptors (Lipinski definition) is 4. The van der Waals surface area contributed by atoms with Crippen LogP contribution in [0.3, 0.4) is 0 Å². The molecule has 1 aromatic heterocycles. The number of methoxy groups -OCH3 is 1. The van der Waals surface area contributed by atoms with Crippen LogP contribution in [0.4, 0.5) is 0 Å². The molecule has 1 aliphatic rings. The molecular formula is C19H24N2O3. The van der Waals surface area contributed by atoms with Crippen molar-refractivity contribution in [2.45, 2.75) is 18.9 Å². The van der Waals surface area contributed by atoms with Crippen molar-refractivity contribution in [2.24, 2.45) is 0 Å². The van der Waals surface area contributed by atoms with E-state index < -0.39 is 0 Å². The summed E-state index contributed by atoms with van der Waals surface area (Å²) in [6.45, 7) is 2.35. The number of piperazine rings is 1. The highest BCUT2D eigenvalue weighted by Gasteiger charge is 2.28. The molecule has 1 amide bonds. The largest absolute Gasteiger partial charge is 0.497 e. The van der Waals surface area contributed by atoms with E-state index in [0.29, 0.717) is 19.4 Å². The lowest BCUT2D eigenvalue weighted by Crippen LogP contribution is -2.49. The van der Waals surface area contributed by atoms with Crippen molar-refractivity contribution in [3.63, 3.8) is 0 Å². The second kappa shape index (κ2) is 7.53. The van der Waals surface area contributed by atoms with Crippen LogP contribution in [0.15, 0.2) is 47.1 Å². The molecule has 1 atom stereocenters. The predicted molar refractivity (Wildman–Crippen MR) is 92.0 cm³/mol. The van der Waals surface area contributed by atoms with Gasteiger partial charge in [-0.05, 0) is 36.9 Å². The maximum absolute atomic E-state index is 12.5. The van der Waals surface area contributed by atoms with Crippen molar-refractivity contribution in [3.8, 4) is 5.75 Å². The van der Waals surface area contributed by atoms with Gasteiger partial charge in [-0.25, -0.2) is 0 Å². The van der Waals surface area contributed by atoms with Gasteiger partial charge in [-0.1, -0.05) is 12.1 Å². The predicted octanol–water partition coefficient (Wildman–Crippen LogP) is 2.74. The monoisotopic (exact) mass is 328 g/mol. The minimum absolute atomic E-state index is 0.187. The van der Waals surface area contributed by atoms with Gasteiger partial charge in [0.15, 0.2) is 0 Å². The molecule has 1 aromatic carbocycles. The van der Waals surface area contributed by atoms with E-state index in [0.717, 1.165) is 24.6 Å². The normalized spacial score (nSPS) is 18.6. The molecule has 1 aliphatic heterocycles. The van der Waals surface area contributed by atoms with Crippen LogP contribution in [-0.2, 0) is 11.2 Å². The van der Waals surface area contributed by atoms with Crippen molar-refractivity contribution >= 4 is 5.91 Å². The Bertz CT molecular complexity index is 669. The fraction of sp³-hybridized carbons (Fsp3) is 0.421. The first kappa shape index (κ1) is 16.6. The van der Waals surface area contributed by atoms with E-state index in [4.69, 9.17) is 9.15 Å². The van der Waals surface area contributed by atoms with Gasteiger partial charge in [-0.15, -0.1) is 0 Å². The number of amides is 1. The number of furan rings is 1. The topological polar surface area (TPSA) is 45.9 Å². The van der Waals surface area contributed by atoms with Crippen molar-refractivity contribution < 1.29 is 13.9 Å². The molecule has 1 unspecified atom stereocenters. The van der Waals surface area contributed by atoms with Crippen LogP contribution in [0.1, 0.15) is 23.8 Å². The number of nitrogens with zero attached hydrogens (tertiary/aromatic N) is 2. The number of likely N-dealkylation sites (N-methyl/N-ethyl adjacent to an activating group) is 1. The fourth-order valence-electron chi connectivity index (χ4n) is 3.15. The SMILES string of the molecule is COc1cccc(C2CN(C(=O)CCc3ccco3)CCN2C)c1. The summed E-state index contributed by atoms with van der Waals surface area (Å²) in [4.78, 5) is 16.8. The van der Waals surface area contributed by atoms with Gasteiger partial charge in [-0.2, -0.15) is 0 Å². The molecule has 128 valence electrons. The van der Waals surface area contributed by atoms with Gasteiger partial charge in [0, 0.05) is 32.5 Å². The Morgan fingerprint density at radius 1 is 1.29 bits per heavy atom. The van der Waals surface area contributed by atoms with Crippen molar-refractivity contribution in [1.29, 1.82) is 0 Å². The molecule has 0 saturated carbocycles. The maximum Gasteiger partial charge on any atom is 0.223 e. The molecule has 0 bridgehead atoms. The quantitative estimate of drug-likeness (QED) is 0.847. The lowest BCUT2D eigenvalue weighted by atomic mass is 10.0. The van der Waals surface area contributed by atoms with Gasteiger partial charge in [0.1, 0.15) is 11.5 Å². The second-order valence-electron chi connectivity index (χ2n) is 6.19. The van der Waals surface area contributed by atoms with E-state index in [1.54, 1.807) is 13.4 Å². The molecule has 24 heavy (non-hydrogen) atoms. The average molecular weight is 328 g/mol. The van der Waals surface area contributed by atoms with Gasteiger partial charge >= 0.3 is 0 Å². The molecule has 0 N–H and O–H groups in total. The zero-order valence-electron chi connectivity index (χ0n) is 14.3. The van der Waals surface area contributed by atoms with Gasteiger partial charge < -0.3 is 14.1 Å². The number of rotatable bonds is 5. The third-order valence-corrected chi connectivity index (χ3v) is 4.64. The summed E-state index contributed by atoms with van der Waals surface area (Å²) in [6.07, 6.45) is 2.79. The highest BCUT2D eigenvalue weighted by Crippen LogP contribution is 2.27. The van der Waals surface area contributed by atoms with Crippen LogP contribution < -0.4 is 4.74 Å². The fourth-order valence-corrected chi connectivity index (χ4v) is 3.15. The van der Waals surface area contributed by atoms with Crippen molar-refractivity contribution in [2.75, 3.05) is 33.8 Å². The molecule has 5 nitrogen and oxygen atoms in total. The summed E-state index contributed by atoms with van der Waals surface area (Å²) in [6, 6.07) is 12.1. The van der Waals surface area contributed by atoms with Gasteiger partial charge in [-0.3, -0.25) is 9.69 Å². The average Bonchev–Trinajstić information content (AvgIpc) is 3.13. The Balaban J connectivity index is 1.65. The van der Waals surface area contributed by atoms with E-state index in [1.807, 2.05) is 29.2 Å². The van der Waals surface area contributed by atoms with Gasteiger partial charge in [0.05, 0.1) is 19.4 Å². The third-order valence-electron chi connectivity index (χ3n) is 4.64. The molecule has 2 heterocycles. The van der Waals surface area contributed by atoms with Crippen LogP contribution in [-0.4, -0.2) is 49.5 Å². The van der Waals surface area contributed by atoms with Crippen LogP contribution in [0.25, 0.3) is 0 Å². The molecule has 0 radical (unpaired) electrons. The number of carbonyl (C=O) groups excluding carboxylic acids is 1. The van der Waals surface area contributed by atoms with Crippen molar-refractivity contribution in [1.82, 2.24) is 9.80 Å². The number of carbonyl (C=O) groups is 1. The molecule has 1 fully saturated rings. The van der Waals surface area contributed by atoms with Crippen LogP contribution >= 0.6 is 0 Å². The Labute approximate surface area is 142 Å². The smallest absolute Gasteiger partial charge is 0.223 e. The lowest BCUT2D eigenvalue weighted by molar-refractivity contribution is -0.134. The Morgan fingerprint density at radius 2 is 2.17 bits per heavy atom. The maximum atomic E-state index is 12.5. The molecular weight excluding hydrogens is 304 g/mol. The first-order valence-electron chi connectivity index (χ1n) is 8.31. The van der Waals surface area contributed by atoms with Gasteiger partial charge in [0.25, 0.3) is 0 Å². The summed E-state index contributed by atoms with van der Waals surface area (Å²) in [5.74, 6) is 1.90. The van der Waals surface area contributed by atoms with E-state index >= 15 is 0 Å². The van der Waals surface area contributed by atoms with Crippen LogP contribution in [0.5, 0.6) is 5.75 Å². The number of benzene rings is 1. The molecule has 3 rings (SSSR count). The van der Waals surface area contributed by atoms with Crippen LogP contribution in [0, 0.1) is 0 Å². The molecule has 1 saturated heterocycles. The van der Waals surface area contributed by atoms with E-state index in [9.17, 15) is 4.79 Å². The Hall–Kier alpha value is -2.27. The summed E-state index contributed by atoms with van der Waals surface area (Å²) in [5, 5.41) is 0. The second-order valence-corrected chi connectivity index (χ2v) is 6.19. The first-order valence-corrected chi connectivity index (χ1v) is 8.31. The number of ether oxygens (including phenoxy) is 1. The zero-order chi connectivity index (χ0) is 16.9. The first-order chi connectivity index (χ1) is 11.7. The molecule has 0 aliphatic carbocycles. The van der Waals surface area contributed by atoms with E-state index in [2.05, 4.69) is 24.1 Å². The standard InChI is InChI=1S/C19H24N2O3/c1-20-10-11-21(19(22)9-8-16-7-4-12-24-16)14-18(20)15-5-3-6-17(13-15)23-2/h3-7,12-13,18H,8-11,14H2,1-2H3. The Kier molecular flexibility index (Phi) is 5.20. The highest BCUT2D eigenvalue weighted by atomic mass is 16.5. The van der Waals surface area contributed by atoms with Gasteiger partial charge in [0.2, 0.25) is 5.91 Å². The third kappa shape index (κ3) is 3.79. The minimum atomic E-state index is 0.187. The lowest BCUT2D eigenvalue weighted by Gasteiger charge is -2.39. The van der Waals surface area contributed by atoms with Crippen LogP contribution in [0.2, 0.25) is 0 Å². The summed E-state index contributed by atoms with van der Waals surface area (Å²) >= 11 is 0. The summed E-state index contributed by atoms with van der Waals surface area (Å²) < 4.78 is 10.6. The summed E-state index contributed by atoms with van der Waals surface area (Å²) in [7, 11) is 3.78. The van der Waals surface area contributed by atoms with E-state index in [-0.39, 0.29) is 11.9 Å². The molecule has 2 aromatic rings. The number of aryl methyl sites for hydroxylation is 1.